The van der Waals surface area contributed by atoms with E-state index in [2.05, 4.69) is 61.7 Å². The highest BCUT2D eigenvalue weighted by Gasteiger charge is 2.27. The molecule has 0 spiro atoms. The zero-order valence-electron chi connectivity index (χ0n) is 16.1. The van der Waals surface area contributed by atoms with Gasteiger partial charge in [-0.25, -0.2) is 0 Å². The van der Waals surface area contributed by atoms with Crippen molar-refractivity contribution in [2.24, 2.45) is 0 Å². The molecule has 0 bridgehead atoms. The van der Waals surface area contributed by atoms with Crippen LogP contribution >= 0.6 is 12.4 Å². The Morgan fingerprint density at radius 2 is 1.73 bits per heavy atom. The summed E-state index contributed by atoms with van der Waals surface area (Å²) in [5.74, 6) is -0.106. The number of aryl methyl sites for hydroxylation is 3. The van der Waals surface area contributed by atoms with Crippen LogP contribution in [0, 0.1) is 20.8 Å². The van der Waals surface area contributed by atoms with Crippen molar-refractivity contribution < 1.29 is 4.79 Å². The number of anilines is 1. The molecule has 138 valence electrons. The van der Waals surface area contributed by atoms with Crippen molar-refractivity contribution in [3.05, 3.63) is 70.3 Å². The van der Waals surface area contributed by atoms with Crippen LogP contribution in [0.25, 0.3) is 5.70 Å². The predicted octanol–water partition coefficient (Wildman–Crippen LogP) is 4.94. The van der Waals surface area contributed by atoms with Gasteiger partial charge in [-0.05, 0) is 57.7 Å². The maximum Gasteiger partial charge on any atom is 0.250 e. The molecule has 26 heavy (non-hydrogen) atoms. The van der Waals surface area contributed by atoms with Crippen molar-refractivity contribution in [3.63, 3.8) is 0 Å². The number of fused-ring (bicyclic) bond motifs is 1. The molecule has 2 aromatic carbocycles. The summed E-state index contributed by atoms with van der Waals surface area (Å²) in [5, 5.41) is 6.56. The van der Waals surface area contributed by atoms with Crippen molar-refractivity contribution in [3.8, 4) is 0 Å². The Morgan fingerprint density at radius 3 is 2.38 bits per heavy atom. The molecule has 0 fully saturated rings. The zero-order chi connectivity index (χ0) is 18.2. The van der Waals surface area contributed by atoms with Crippen LogP contribution in [0.4, 0.5) is 5.69 Å². The van der Waals surface area contributed by atoms with Gasteiger partial charge in [-0.1, -0.05) is 42.0 Å². The Kier molecular flexibility index (Phi) is 5.82. The summed E-state index contributed by atoms with van der Waals surface area (Å²) >= 11 is 0. The molecule has 1 heterocycles. The highest BCUT2D eigenvalue weighted by molar-refractivity contribution is 6.05. The third-order valence-electron chi connectivity index (χ3n) is 4.61. The van der Waals surface area contributed by atoms with E-state index in [0.717, 1.165) is 34.5 Å². The summed E-state index contributed by atoms with van der Waals surface area (Å²) in [6, 6.07) is 12.5. The quantitative estimate of drug-likeness (QED) is 0.735. The van der Waals surface area contributed by atoms with Gasteiger partial charge >= 0.3 is 0 Å². The Bertz CT molecular complexity index is 845. The SMILES string of the molecule is Cc1cc(C)c(NC(=O)C=C2NC(C)(C)Cc3ccccc32)c(C)c1.Cl. The molecule has 3 nitrogen and oxygen atoms in total. The van der Waals surface area contributed by atoms with Crippen molar-refractivity contribution in [2.75, 3.05) is 5.32 Å². The molecule has 0 saturated carbocycles. The Balaban J connectivity index is 0.00000243. The zero-order valence-corrected chi connectivity index (χ0v) is 16.9. The standard InChI is InChI=1S/C22H26N2O.ClH/c1-14-10-15(2)21(16(3)11-14)23-20(25)12-19-18-9-7-6-8-17(18)13-22(4,5)24-19;/h6-12,24H,13H2,1-5H3,(H,23,25);1H. The minimum atomic E-state index is -0.106. The number of benzene rings is 2. The number of halogens is 1. The Labute approximate surface area is 162 Å². The molecule has 0 aromatic heterocycles. The summed E-state index contributed by atoms with van der Waals surface area (Å²) in [6.45, 7) is 10.4. The highest BCUT2D eigenvalue weighted by Crippen LogP contribution is 2.29. The molecule has 2 aromatic rings. The fourth-order valence-corrected chi connectivity index (χ4v) is 3.67. The third kappa shape index (κ3) is 4.28. The highest BCUT2D eigenvalue weighted by atomic mass is 35.5. The molecule has 0 atom stereocenters. The fourth-order valence-electron chi connectivity index (χ4n) is 3.67. The molecule has 0 unspecified atom stereocenters. The van der Waals surface area contributed by atoms with E-state index in [1.165, 1.54) is 11.1 Å². The van der Waals surface area contributed by atoms with Crippen molar-refractivity contribution in [2.45, 2.75) is 46.6 Å². The van der Waals surface area contributed by atoms with Gasteiger partial charge < -0.3 is 10.6 Å². The number of carbonyl (C=O) groups excluding carboxylic acids is 1. The summed E-state index contributed by atoms with van der Waals surface area (Å²) < 4.78 is 0. The smallest absolute Gasteiger partial charge is 0.250 e. The number of carbonyl (C=O) groups is 1. The van der Waals surface area contributed by atoms with E-state index in [0.29, 0.717) is 0 Å². The topological polar surface area (TPSA) is 41.1 Å². The van der Waals surface area contributed by atoms with Gasteiger partial charge in [0.15, 0.2) is 0 Å². The molecule has 0 aliphatic carbocycles. The number of rotatable bonds is 2. The van der Waals surface area contributed by atoms with Gasteiger partial charge in [0.1, 0.15) is 0 Å². The summed E-state index contributed by atoms with van der Waals surface area (Å²) in [6.07, 6.45) is 2.62. The maximum absolute atomic E-state index is 12.7. The van der Waals surface area contributed by atoms with Crippen LogP contribution < -0.4 is 10.6 Å². The van der Waals surface area contributed by atoms with Crippen molar-refractivity contribution in [1.82, 2.24) is 5.32 Å². The van der Waals surface area contributed by atoms with Crippen LogP contribution in [0.5, 0.6) is 0 Å². The molecule has 4 heteroatoms. The Morgan fingerprint density at radius 1 is 1.12 bits per heavy atom. The van der Waals surface area contributed by atoms with Crippen LogP contribution in [0.3, 0.4) is 0 Å². The predicted molar refractivity (Wildman–Crippen MR) is 112 cm³/mol. The minimum absolute atomic E-state index is 0. The number of hydrogen-bond donors (Lipinski definition) is 2. The lowest BCUT2D eigenvalue weighted by atomic mass is 9.86. The largest absolute Gasteiger partial charge is 0.379 e. The number of amides is 1. The van der Waals surface area contributed by atoms with Crippen LogP contribution in [-0.4, -0.2) is 11.4 Å². The van der Waals surface area contributed by atoms with E-state index < -0.39 is 0 Å². The number of hydrogen-bond acceptors (Lipinski definition) is 2. The maximum atomic E-state index is 12.7. The van der Waals surface area contributed by atoms with Crippen LogP contribution in [0.2, 0.25) is 0 Å². The lowest BCUT2D eigenvalue weighted by Gasteiger charge is -2.35. The van der Waals surface area contributed by atoms with E-state index in [1.807, 2.05) is 19.9 Å². The lowest BCUT2D eigenvalue weighted by Crippen LogP contribution is -2.44. The second-order valence-electron chi connectivity index (χ2n) is 7.66. The second-order valence-corrected chi connectivity index (χ2v) is 7.66. The van der Waals surface area contributed by atoms with Crippen LogP contribution in [-0.2, 0) is 11.2 Å². The van der Waals surface area contributed by atoms with Crippen molar-refractivity contribution in [1.29, 1.82) is 0 Å². The second kappa shape index (κ2) is 7.55. The first kappa shape index (κ1) is 20.1. The molecule has 1 amide bonds. The van der Waals surface area contributed by atoms with E-state index in [4.69, 9.17) is 0 Å². The monoisotopic (exact) mass is 370 g/mol. The first-order valence-corrected chi connectivity index (χ1v) is 8.72. The molecule has 1 aliphatic rings. The molecular weight excluding hydrogens is 344 g/mol. The molecule has 0 saturated heterocycles. The van der Waals surface area contributed by atoms with Crippen molar-refractivity contribution >= 4 is 29.7 Å². The fraction of sp³-hybridized carbons (Fsp3) is 0.318. The van der Waals surface area contributed by atoms with Gasteiger partial charge in [0.2, 0.25) is 5.91 Å². The van der Waals surface area contributed by atoms with Gasteiger partial charge in [-0.15, -0.1) is 12.4 Å². The summed E-state index contributed by atoms with van der Waals surface area (Å²) in [4.78, 5) is 12.7. The van der Waals surface area contributed by atoms with E-state index >= 15 is 0 Å². The normalized spacial score (nSPS) is 16.3. The third-order valence-corrected chi connectivity index (χ3v) is 4.61. The molecule has 1 aliphatic heterocycles. The molecule has 2 N–H and O–H groups in total. The molecule has 3 rings (SSSR count). The molecule has 0 radical (unpaired) electrons. The first-order chi connectivity index (χ1) is 11.7. The number of nitrogens with one attached hydrogen (secondary N) is 2. The average Bonchev–Trinajstić information content (AvgIpc) is 2.49. The average molecular weight is 371 g/mol. The van der Waals surface area contributed by atoms with Gasteiger partial charge in [0, 0.05) is 28.6 Å². The van der Waals surface area contributed by atoms with Gasteiger partial charge in [-0.3, -0.25) is 4.79 Å². The van der Waals surface area contributed by atoms with Gasteiger partial charge in [-0.2, -0.15) is 0 Å². The van der Waals surface area contributed by atoms with E-state index in [9.17, 15) is 4.79 Å². The first-order valence-electron chi connectivity index (χ1n) is 8.72. The van der Waals surface area contributed by atoms with E-state index in [-0.39, 0.29) is 23.9 Å². The van der Waals surface area contributed by atoms with E-state index in [1.54, 1.807) is 6.08 Å². The summed E-state index contributed by atoms with van der Waals surface area (Å²) in [5.41, 5.74) is 7.46. The van der Waals surface area contributed by atoms with Gasteiger partial charge in [0.05, 0.1) is 0 Å². The minimum Gasteiger partial charge on any atom is -0.379 e. The lowest BCUT2D eigenvalue weighted by molar-refractivity contribution is -0.111. The Hall–Kier alpha value is -2.26. The molecular formula is C22H27ClN2O. The van der Waals surface area contributed by atoms with Gasteiger partial charge in [0.25, 0.3) is 0 Å². The van der Waals surface area contributed by atoms with Crippen LogP contribution in [0.15, 0.2) is 42.5 Å². The van der Waals surface area contributed by atoms with Crippen LogP contribution in [0.1, 0.15) is 41.7 Å². The summed E-state index contributed by atoms with van der Waals surface area (Å²) in [7, 11) is 0.